The number of hydrogen-bond acceptors (Lipinski definition) is 7. The molecule has 1 aromatic heterocycles. The zero-order valence-corrected chi connectivity index (χ0v) is 14.9. The third-order valence-electron chi connectivity index (χ3n) is 3.47. The smallest absolute Gasteiger partial charge is 0.360 e. The van der Waals surface area contributed by atoms with Gasteiger partial charge in [0.1, 0.15) is 12.0 Å². The minimum absolute atomic E-state index is 0.0410. The number of esters is 1. The highest BCUT2D eigenvalue weighted by molar-refractivity contribution is 5.91. The Hall–Kier alpha value is -3.07. The number of hydrogen-bond donors (Lipinski definition) is 1. The molecule has 26 heavy (non-hydrogen) atoms. The van der Waals surface area contributed by atoms with E-state index in [-0.39, 0.29) is 24.2 Å². The Bertz CT molecular complexity index is 746. The van der Waals surface area contributed by atoms with Gasteiger partial charge in [0.25, 0.3) is 0 Å². The SMILES string of the molecule is COCCN(Cc1nc(C(=O)OC)co1)C(=O)Nc1ccccc1OC. The first kappa shape index (κ1) is 19.3. The first-order valence-corrected chi connectivity index (χ1v) is 7.79. The number of para-hydroxylation sites is 2. The predicted molar refractivity (Wildman–Crippen MR) is 92.1 cm³/mol. The lowest BCUT2D eigenvalue weighted by molar-refractivity contribution is 0.0594. The van der Waals surface area contributed by atoms with Crippen molar-refractivity contribution in [1.29, 1.82) is 0 Å². The summed E-state index contributed by atoms with van der Waals surface area (Å²) in [5.74, 6) is 0.134. The maximum Gasteiger partial charge on any atom is 0.360 e. The largest absolute Gasteiger partial charge is 0.495 e. The number of benzene rings is 1. The fourth-order valence-electron chi connectivity index (χ4n) is 2.14. The van der Waals surface area contributed by atoms with E-state index in [1.165, 1.54) is 32.5 Å². The lowest BCUT2D eigenvalue weighted by Gasteiger charge is -2.22. The molecule has 1 heterocycles. The summed E-state index contributed by atoms with van der Waals surface area (Å²) in [6.07, 6.45) is 1.19. The molecular formula is C17H21N3O6. The number of anilines is 1. The Morgan fingerprint density at radius 1 is 1.23 bits per heavy atom. The zero-order chi connectivity index (χ0) is 18.9. The molecule has 0 bridgehead atoms. The number of carbonyl (C=O) groups is 2. The van der Waals surface area contributed by atoms with Crippen molar-refractivity contribution in [3.63, 3.8) is 0 Å². The van der Waals surface area contributed by atoms with Crippen molar-refractivity contribution in [1.82, 2.24) is 9.88 Å². The van der Waals surface area contributed by atoms with Gasteiger partial charge in [-0.2, -0.15) is 0 Å². The average Bonchev–Trinajstić information content (AvgIpc) is 3.13. The second kappa shape index (κ2) is 9.42. The maximum atomic E-state index is 12.6. The van der Waals surface area contributed by atoms with Crippen molar-refractivity contribution < 1.29 is 28.2 Å². The number of nitrogens with one attached hydrogen (secondary N) is 1. The molecule has 0 aliphatic rings. The summed E-state index contributed by atoms with van der Waals surface area (Å²) >= 11 is 0. The number of ether oxygens (including phenoxy) is 3. The van der Waals surface area contributed by atoms with Crippen molar-refractivity contribution in [3.8, 4) is 5.75 Å². The van der Waals surface area contributed by atoms with Gasteiger partial charge in [0.15, 0.2) is 5.69 Å². The van der Waals surface area contributed by atoms with Crippen LogP contribution in [-0.4, -0.2) is 56.4 Å². The molecule has 0 saturated carbocycles. The Kier molecular flexibility index (Phi) is 6.98. The fraction of sp³-hybridized carbons (Fsp3) is 0.353. The Morgan fingerprint density at radius 3 is 2.69 bits per heavy atom. The summed E-state index contributed by atoms with van der Waals surface area (Å²) in [4.78, 5) is 29.6. The van der Waals surface area contributed by atoms with Crippen molar-refractivity contribution >= 4 is 17.7 Å². The monoisotopic (exact) mass is 363 g/mol. The van der Waals surface area contributed by atoms with E-state index >= 15 is 0 Å². The molecule has 9 heteroatoms. The Labute approximate surface area is 150 Å². The van der Waals surface area contributed by atoms with Crippen molar-refractivity contribution in [2.75, 3.05) is 39.8 Å². The Balaban J connectivity index is 2.11. The number of carbonyl (C=O) groups excluding carboxylic acids is 2. The summed E-state index contributed by atoms with van der Waals surface area (Å²) in [7, 11) is 4.31. The third kappa shape index (κ3) is 4.96. The second-order valence-electron chi connectivity index (χ2n) is 5.16. The van der Waals surface area contributed by atoms with Crippen molar-refractivity contribution in [3.05, 3.63) is 42.1 Å². The number of methoxy groups -OCH3 is 3. The van der Waals surface area contributed by atoms with E-state index in [0.717, 1.165) is 0 Å². The predicted octanol–water partition coefficient (Wildman–Crippen LogP) is 2.15. The third-order valence-corrected chi connectivity index (χ3v) is 3.47. The first-order chi connectivity index (χ1) is 12.6. The molecule has 2 aromatic rings. The Morgan fingerprint density at radius 2 is 2.00 bits per heavy atom. The zero-order valence-electron chi connectivity index (χ0n) is 14.9. The van der Waals surface area contributed by atoms with Gasteiger partial charge >= 0.3 is 12.0 Å². The highest BCUT2D eigenvalue weighted by atomic mass is 16.5. The summed E-state index contributed by atoms with van der Waals surface area (Å²) in [6, 6.07) is 6.67. The number of rotatable bonds is 8. The van der Waals surface area contributed by atoms with Gasteiger partial charge < -0.3 is 28.8 Å². The number of urea groups is 1. The molecule has 2 rings (SSSR count). The second-order valence-corrected chi connectivity index (χ2v) is 5.16. The highest BCUT2D eigenvalue weighted by Crippen LogP contribution is 2.23. The molecule has 0 saturated heterocycles. The van der Waals surface area contributed by atoms with Crippen LogP contribution in [0.1, 0.15) is 16.4 Å². The van der Waals surface area contributed by atoms with Gasteiger partial charge in [-0.1, -0.05) is 12.1 Å². The standard InChI is InChI=1S/C17H21N3O6/c1-23-9-8-20(10-15-18-13(11-26-15)16(21)25-3)17(22)19-12-6-4-5-7-14(12)24-2/h4-7,11H,8-10H2,1-3H3,(H,19,22). The average molecular weight is 363 g/mol. The van der Waals surface area contributed by atoms with Gasteiger partial charge in [0.05, 0.1) is 33.1 Å². The van der Waals surface area contributed by atoms with Gasteiger partial charge in [0.2, 0.25) is 5.89 Å². The summed E-state index contributed by atoms with van der Waals surface area (Å²) in [5.41, 5.74) is 0.574. The number of aromatic nitrogens is 1. The summed E-state index contributed by atoms with van der Waals surface area (Å²) in [5, 5.41) is 2.78. The maximum absolute atomic E-state index is 12.6. The molecule has 0 radical (unpaired) electrons. The first-order valence-electron chi connectivity index (χ1n) is 7.79. The van der Waals surface area contributed by atoms with Crippen LogP contribution < -0.4 is 10.1 Å². The topological polar surface area (TPSA) is 103 Å². The van der Waals surface area contributed by atoms with Crippen LogP contribution in [0.4, 0.5) is 10.5 Å². The van der Waals surface area contributed by atoms with Crippen LogP contribution in [0.3, 0.4) is 0 Å². The van der Waals surface area contributed by atoms with Crippen LogP contribution in [0.5, 0.6) is 5.75 Å². The van der Waals surface area contributed by atoms with E-state index in [1.54, 1.807) is 24.3 Å². The van der Waals surface area contributed by atoms with Crippen LogP contribution in [-0.2, 0) is 16.0 Å². The molecule has 1 N–H and O–H groups in total. The van der Waals surface area contributed by atoms with Gasteiger partial charge in [-0.15, -0.1) is 0 Å². The van der Waals surface area contributed by atoms with Crippen molar-refractivity contribution in [2.45, 2.75) is 6.54 Å². The number of nitrogens with zero attached hydrogens (tertiary/aromatic N) is 2. The van der Waals surface area contributed by atoms with E-state index in [2.05, 4.69) is 15.0 Å². The van der Waals surface area contributed by atoms with Gasteiger partial charge in [0, 0.05) is 13.7 Å². The quantitative estimate of drug-likeness (QED) is 0.717. The minimum atomic E-state index is -0.609. The molecule has 0 aliphatic heterocycles. The van der Waals surface area contributed by atoms with Gasteiger partial charge in [-0.25, -0.2) is 14.6 Å². The molecule has 0 spiro atoms. The van der Waals surface area contributed by atoms with Crippen molar-refractivity contribution in [2.24, 2.45) is 0 Å². The molecule has 2 amide bonds. The molecular weight excluding hydrogens is 342 g/mol. The van der Waals surface area contributed by atoms with E-state index in [1.807, 2.05) is 0 Å². The molecule has 0 aliphatic carbocycles. The molecule has 0 atom stereocenters. The van der Waals surface area contributed by atoms with E-state index in [0.29, 0.717) is 24.6 Å². The van der Waals surface area contributed by atoms with Crippen LogP contribution in [0, 0.1) is 0 Å². The van der Waals surface area contributed by atoms with Gasteiger partial charge in [-0.3, -0.25) is 0 Å². The minimum Gasteiger partial charge on any atom is -0.495 e. The van der Waals surface area contributed by atoms with Gasteiger partial charge in [-0.05, 0) is 12.1 Å². The molecule has 9 nitrogen and oxygen atoms in total. The molecule has 0 fully saturated rings. The molecule has 0 unspecified atom stereocenters. The highest BCUT2D eigenvalue weighted by Gasteiger charge is 2.20. The van der Waals surface area contributed by atoms with Crippen LogP contribution in [0.2, 0.25) is 0 Å². The molecule has 1 aromatic carbocycles. The van der Waals surface area contributed by atoms with E-state index in [9.17, 15) is 9.59 Å². The van der Waals surface area contributed by atoms with Crippen LogP contribution >= 0.6 is 0 Å². The lowest BCUT2D eigenvalue weighted by Crippen LogP contribution is -2.37. The summed E-state index contributed by atoms with van der Waals surface area (Å²) < 4.78 is 20.1. The molecule has 140 valence electrons. The number of amides is 2. The number of oxazole rings is 1. The van der Waals surface area contributed by atoms with E-state index in [4.69, 9.17) is 13.9 Å². The normalized spacial score (nSPS) is 10.3. The van der Waals surface area contributed by atoms with Crippen LogP contribution in [0.15, 0.2) is 34.9 Å². The van der Waals surface area contributed by atoms with Crippen LogP contribution in [0.25, 0.3) is 0 Å². The lowest BCUT2D eigenvalue weighted by atomic mass is 10.3. The fourth-order valence-corrected chi connectivity index (χ4v) is 2.14. The summed E-state index contributed by atoms with van der Waals surface area (Å²) in [6.45, 7) is 0.679. The van der Waals surface area contributed by atoms with E-state index < -0.39 is 5.97 Å².